The molecule has 3 unspecified atom stereocenters. The lowest BCUT2D eigenvalue weighted by molar-refractivity contribution is 0.0796. The van der Waals surface area contributed by atoms with Crippen LogP contribution in [-0.2, 0) is 0 Å². The van der Waals surface area contributed by atoms with Gasteiger partial charge in [-0.1, -0.05) is 34.1 Å². The van der Waals surface area contributed by atoms with E-state index in [2.05, 4.69) is 32.6 Å². The van der Waals surface area contributed by atoms with Crippen molar-refractivity contribution in [2.45, 2.75) is 58.9 Å². The molecular formula is C15H30N2. The van der Waals surface area contributed by atoms with Crippen LogP contribution in [-0.4, -0.2) is 30.1 Å². The average molecular weight is 238 g/mol. The molecule has 1 heterocycles. The van der Waals surface area contributed by atoms with Crippen molar-refractivity contribution < 1.29 is 0 Å². The minimum Gasteiger partial charge on any atom is -0.329 e. The van der Waals surface area contributed by atoms with Crippen molar-refractivity contribution in [3.8, 4) is 0 Å². The molecule has 0 aromatic carbocycles. The fourth-order valence-corrected chi connectivity index (χ4v) is 4.49. The van der Waals surface area contributed by atoms with E-state index < -0.39 is 0 Å². The number of hydrogen-bond donors (Lipinski definition) is 1. The second-order valence-corrected chi connectivity index (χ2v) is 7.26. The van der Waals surface area contributed by atoms with Crippen molar-refractivity contribution in [1.29, 1.82) is 0 Å². The van der Waals surface area contributed by atoms with E-state index in [0.29, 0.717) is 11.0 Å². The van der Waals surface area contributed by atoms with Gasteiger partial charge in [-0.15, -0.1) is 0 Å². The molecule has 0 radical (unpaired) electrons. The first-order valence-electron chi connectivity index (χ1n) is 7.38. The van der Waals surface area contributed by atoms with E-state index in [1.54, 1.807) is 0 Å². The van der Waals surface area contributed by atoms with Crippen LogP contribution in [0.3, 0.4) is 0 Å². The van der Waals surface area contributed by atoms with Gasteiger partial charge in [-0.05, 0) is 43.1 Å². The Labute approximate surface area is 107 Å². The van der Waals surface area contributed by atoms with Gasteiger partial charge in [0.05, 0.1) is 0 Å². The molecular weight excluding hydrogens is 208 g/mol. The minimum absolute atomic E-state index is 0.299. The highest BCUT2D eigenvalue weighted by Gasteiger charge is 2.52. The first-order valence-corrected chi connectivity index (χ1v) is 7.38. The summed E-state index contributed by atoms with van der Waals surface area (Å²) in [5, 5.41) is 0. The first kappa shape index (κ1) is 13.4. The van der Waals surface area contributed by atoms with Crippen molar-refractivity contribution in [2.24, 2.45) is 23.0 Å². The summed E-state index contributed by atoms with van der Waals surface area (Å²) < 4.78 is 0. The van der Waals surface area contributed by atoms with E-state index in [1.165, 1.54) is 38.8 Å². The summed E-state index contributed by atoms with van der Waals surface area (Å²) in [6, 6.07) is 0. The topological polar surface area (TPSA) is 29.3 Å². The second-order valence-electron chi connectivity index (χ2n) is 7.26. The molecule has 100 valence electrons. The molecule has 0 amide bonds. The molecule has 17 heavy (non-hydrogen) atoms. The third kappa shape index (κ3) is 2.26. The lowest BCUT2D eigenvalue weighted by Crippen LogP contribution is -2.55. The SMILES string of the molecule is CCC1CCN(C2(CN)CC(C)(C)CC2C)C1. The maximum absolute atomic E-state index is 6.21. The Bertz CT molecular complexity index is 274. The lowest BCUT2D eigenvalue weighted by Gasteiger charge is -2.42. The second kappa shape index (κ2) is 4.55. The summed E-state index contributed by atoms with van der Waals surface area (Å²) in [6.07, 6.45) is 5.33. The summed E-state index contributed by atoms with van der Waals surface area (Å²) >= 11 is 0. The summed E-state index contributed by atoms with van der Waals surface area (Å²) in [5.74, 6) is 1.66. The van der Waals surface area contributed by atoms with E-state index >= 15 is 0 Å². The number of hydrogen-bond acceptors (Lipinski definition) is 2. The Balaban J connectivity index is 2.15. The van der Waals surface area contributed by atoms with Crippen LogP contribution >= 0.6 is 0 Å². The third-order valence-electron chi connectivity index (χ3n) is 5.41. The number of rotatable bonds is 3. The zero-order valence-electron chi connectivity index (χ0n) is 12.1. The standard InChI is InChI=1S/C15H30N2/c1-5-13-6-7-17(9-13)15(11-16)10-14(3,4)8-12(15)2/h12-13H,5-11,16H2,1-4H3. The van der Waals surface area contributed by atoms with Crippen LogP contribution in [0.25, 0.3) is 0 Å². The fourth-order valence-electron chi connectivity index (χ4n) is 4.49. The maximum atomic E-state index is 6.21. The zero-order chi connectivity index (χ0) is 12.7. The molecule has 0 spiro atoms. The molecule has 3 atom stereocenters. The van der Waals surface area contributed by atoms with Crippen molar-refractivity contribution in [2.75, 3.05) is 19.6 Å². The Morgan fingerprint density at radius 1 is 1.35 bits per heavy atom. The molecule has 2 heteroatoms. The molecule has 2 N–H and O–H groups in total. The largest absolute Gasteiger partial charge is 0.329 e. The van der Waals surface area contributed by atoms with Gasteiger partial charge in [0.15, 0.2) is 0 Å². The maximum Gasteiger partial charge on any atom is 0.0362 e. The average Bonchev–Trinajstić information content (AvgIpc) is 2.81. The van der Waals surface area contributed by atoms with Crippen molar-refractivity contribution in [3.05, 3.63) is 0 Å². The van der Waals surface area contributed by atoms with E-state index in [-0.39, 0.29) is 0 Å². The van der Waals surface area contributed by atoms with Crippen LogP contribution < -0.4 is 5.73 Å². The van der Waals surface area contributed by atoms with E-state index in [0.717, 1.165) is 18.4 Å². The van der Waals surface area contributed by atoms with E-state index in [9.17, 15) is 0 Å². The monoisotopic (exact) mass is 238 g/mol. The highest BCUT2D eigenvalue weighted by molar-refractivity contribution is 5.07. The fraction of sp³-hybridized carbons (Fsp3) is 1.00. The normalized spacial score (nSPS) is 42.2. The summed E-state index contributed by atoms with van der Waals surface area (Å²) in [6.45, 7) is 13.0. The third-order valence-corrected chi connectivity index (χ3v) is 5.41. The molecule has 2 rings (SSSR count). The molecule has 0 aromatic rings. The molecule has 1 saturated heterocycles. The molecule has 0 bridgehead atoms. The van der Waals surface area contributed by atoms with Crippen LogP contribution in [0.15, 0.2) is 0 Å². The predicted octanol–water partition coefficient (Wildman–Crippen LogP) is 2.87. The molecule has 2 fully saturated rings. The number of likely N-dealkylation sites (tertiary alicyclic amines) is 1. The van der Waals surface area contributed by atoms with Crippen LogP contribution in [0.1, 0.15) is 53.4 Å². The first-order chi connectivity index (χ1) is 7.93. The highest BCUT2D eigenvalue weighted by Crippen LogP contribution is 2.51. The van der Waals surface area contributed by atoms with Crippen molar-refractivity contribution in [1.82, 2.24) is 4.90 Å². The van der Waals surface area contributed by atoms with E-state index in [4.69, 9.17) is 5.73 Å². The number of nitrogens with zero attached hydrogens (tertiary/aromatic N) is 1. The van der Waals surface area contributed by atoms with E-state index in [1.807, 2.05) is 0 Å². The van der Waals surface area contributed by atoms with Gasteiger partial charge in [0.25, 0.3) is 0 Å². The van der Waals surface area contributed by atoms with Gasteiger partial charge in [0.1, 0.15) is 0 Å². The van der Waals surface area contributed by atoms with Gasteiger partial charge < -0.3 is 5.73 Å². The van der Waals surface area contributed by atoms with Gasteiger partial charge in [-0.3, -0.25) is 4.90 Å². The zero-order valence-corrected chi connectivity index (χ0v) is 12.1. The van der Waals surface area contributed by atoms with Gasteiger partial charge in [0, 0.05) is 18.6 Å². The van der Waals surface area contributed by atoms with Crippen LogP contribution in [0.2, 0.25) is 0 Å². The molecule has 1 saturated carbocycles. The van der Waals surface area contributed by atoms with Crippen LogP contribution in [0.5, 0.6) is 0 Å². The summed E-state index contributed by atoms with van der Waals surface area (Å²) in [4.78, 5) is 2.74. The quantitative estimate of drug-likeness (QED) is 0.819. The van der Waals surface area contributed by atoms with Gasteiger partial charge in [-0.2, -0.15) is 0 Å². The van der Waals surface area contributed by atoms with Gasteiger partial charge in [-0.25, -0.2) is 0 Å². The molecule has 1 aliphatic carbocycles. The van der Waals surface area contributed by atoms with Gasteiger partial charge in [0.2, 0.25) is 0 Å². The van der Waals surface area contributed by atoms with Crippen molar-refractivity contribution >= 4 is 0 Å². The number of nitrogens with two attached hydrogens (primary N) is 1. The lowest BCUT2D eigenvalue weighted by atomic mass is 9.85. The minimum atomic E-state index is 0.299. The Morgan fingerprint density at radius 3 is 2.47 bits per heavy atom. The molecule has 0 aromatic heterocycles. The Kier molecular flexibility index (Phi) is 3.57. The molecule has 1 aliphatic heterocycles. The Morgan fingerprint density at radius 2 is 2.06 bits per heavy atom. The van der Waals surface area contributed by atoms with Crippen LogP contribution in [0.4, 0.5) is 0 Å². The van der Waals surface area contributed by atoms with Gasteiger partial charge >= 0.3 is 0 Å². The molecule has 2 aliphatic rings. The smallest absolute Gasteiger partial charge is 0.0362 e. The summed E-state index contributed by atoms with van der Waals surface area (Å²) in [5.41, 5.74) is 6.98. The van der Waals surface area contributed by atoms with Crippen molar-refractivity contribution in [3.63, 3.8) is 0 Å². The Hall–Kier alpha value is -0.0800. The molecule has 2 nitrogen and oxygen atoms in total. The predicted molar refractivity (Wildman–Crippen MR) is 73.9 cm³/mol. The highest BCUT2D eigenvalue weighted by atomic mass is 15.2. The summed E-state index contributed by atoms with van der Waals surface area (Å²) in [7, 11) is 0. The van der Waals surface area contributed by atoms with Crippen LogP contribution in [0, 0.1) is 17.3 Å².